The maximum absolute atomic E-state index is 5.71. The van der Waals surface area contributed by atoms with Gasteiger partial charge in [0.25, 0.3) is 0 Å². The van der Waals surface area contributed by atoms with E-state index in [2.05, 4.69) is 20.2 Å². The highest BCUT2D eigenvalue weighted by Gasteiger charge is 2.10. The quantitative estimate of drug-likeness (QED) is 0.755. The van der Waals surface area contributed by atoms with Crippen molar-refractivity contribution in [2.24, 2.45) is 0 Å². The summed E-state index contributed by atoms with van der Waals surface area (Å²) in [5, 5.41) is 3.22. The Bertz CT molecular complexity index is 308. The average Bonchev–Trinajstić information content (AvgIpc) is 2.74. The van der Waals surface area contributed by atoms with Gasteiger partial charge in [0.2, 0.25) is 0 Å². The molecule has 0 saturated carbocycles. The molecule has 15 heavy (non-hydrogen) atoms. The van der Waals surface area contributed by atoms with Crippen molar-refractivity contribution < 1.29 is 0 Å². The van der Waals surface area contributed by atoms with Crippen LogP contribution in [0.4, 0.5) is 11.5 Å². The van der Waals surface area contributed by atoms with Crippen LogP contribution in [0, 0.1) is 0 Å². The maximum Gasteiger partial charge on any atom is 0.152 e. The van der Waals surface area contributed by atoms with Gasteiger partial charge in [0.05, 0.1) is 11.9 Å². The Balaban J connectivity index is 1.75. The number of nitrogens with one attached hydrogen (secondary N) is 1. The van der Waals surface area contributed by atoms with Gasteiger partial charge in [0.1, 0.15) is 6.33 Å². The number of aromatic nitrogens is 2. The third-order valence-corrected chi connectivity index (χ3v) is 2.66. The first-order valence-corrected chi connectivity index (χ1v) is 5.38. The van der Waals surface area contributed by atoms with Crippen LogP contribution in [-0.2, 0) is 0 Å². The van der Waals surface area contributed by atoms with Gasteiger partial charge in [-0.25, -0.2) is 9.97 Å². The fourth-order valence-corrected chi connectivity index (χ4v) is 1.83. The lowest BCUT2D eigenvalue weighted by molar-refractivity contribution is 0.352. The Kier molecular flexibility index (Phi) is 3.34. The second kappa shape index (κ2) is 4.93. The molecule has 1 aliphatic rings. The highest BCUT2D eigenvalue weighted by Crippen LogP contribution is 2.11. The normalized spacial score (nSPS) is 16.8. The molecule has 1 aromatic rings. The number of likely N-dealkylation sites (tertiary alicyclic amines) is 1. The van der Waals surface area contributed by atoms with Gasteiger partial charge in [-0.05, 0) is 25.9 Å². The van der Waals surface area contributed by atoms with E-state index in [0.717, 1.165) is 18.9 Å². The SMILES string of the molecule is Nc1cncnc1NCCN1CCCC1. The van der Waals surface area contributed by atoms with E-state index >= 15 is 0 Å². The highest BCUT2D eigenvalue weighted by molar-refractivity contribution is 5.58. The number of nitrogens with two attached hydrogens (primary N) is 1. The second-order valence-electron chi connectivity index (χ2n) is 3.80. The largest absolute Gasteiger partial charge is 0.394 e. The average molecular weight is 207 g/mol. The standard InChI is InChI=1S/C10H17N5/c11-9-7-12-8-14-10(9)13-3-6-15-4-1-2-5-15/h7-8H,1-6,11H2,(H,12,13,14). The molecule has 5 nitrogen and oxygen atoms in total. The monoisotopic (exact) mass is 207 g/mol. The molecule has 1 fully saturated rings. The molecule has 2 rings (SSSR count). The fraction of sp³-hybridized carbons (Fsp3) is 0.600. The lowest BCUT2D eigenvalue weighted by atomic mass is 10.4. The van der Waals surface area contributed by atoms with Crippen LogP contribution < -0.4 is 11.1 Å². The molecule has 0 atom stereocenters. The van der Waals surface area contributed by atoms with Crippen LogP contribution >= 0.6 is 0 Å². The summed E-state index contributed by atoms with van der Waals surface area (Å²) in [6.45, 7) is 4.40. The van der Waals surface area contributed by atoms with Crippen molar-refractivity contribution in [3.8, 4) is 0 Å². The summed E-state index contributed by atoms with van der Waals surface area (Å²) in [6.07, 6.45) is 5.78. The smallest absolute Gasteiger partial charge is 0.152 e. The number of hydrogen-bond acceptors (Lipinski definition) is 5. The van der Waals surface area contributed by atoms with Crippen LogP contribution in [0.15, 0.2) is 12.5 Å². The summed E-state index contributed by atoms with van der Waals surface area (Å²) in [4.78, 5) is 10.4. The van der Waals surface area contributed by atoms with Gasteiger partial charge in [0.15, 0.2) is 5.82 Å². The van der Waals surface area contributed by atoms with Gasteiger partial charge in [-0.1, -0.05) is 0 Å². The minimum atomic E-state index is 0.610. The molecular formula is C10H17N5. The molecule has 1 aliphatic heterocycles. The minimum Gasteiger partial charge on any atom is -0.394 e. The topological polar surface area (TPSA) is 67.1 Å². The predicted molar refractivity (Wildman–Crippen MR) is 60.6 cm³/mol. The Morgan fingerprint density at radius 1 is 1.40 bits per heavy atom. The minimum absolute atomic E-state index is 0.610. The number of anilines is 2. The van der Waals surface area contributed by atoms with Crippen molar-refractivity contribution in [2.75, 3.05) is 37.2 Å². The number of hydrogen-bond donors (Lipinski definition) is 2. The molecular weight excluding hydrogens is 190 g/mol. The van der Waals surface area contributed by atoms with Gasteiger partial charge in [-0.15, -0.1) is 0 Å². The summed E-state index contributed by atoms with van der Waals surface area (Å²) in [6, 6.07) is 0. The van der Waals surface area contributed by atoms with Crippen molar-refractivity contribution >= 4 is 11.5 Å². The first-order chi connectivity index (χ1) is 7.36. The first-order valence-electron chi connectivity index (χ1n) is 5.38. The third kappa shape index (κ3) is 2.79. The van der Waals surface area contributed by atoms with Crippen molar-refractivity contribution in [3.05, 3.63) is 12.5 Å². The van der Waals surface area contributed by atoms with Crippen molar-refractivity contribution in [1.29, 1.82) is 0 Å². The number of nitrogens with zero attached hydrogens (tertiary/aromatic N) is 3. The molecule has 1 saturated heterocycles. The van der Waals surface area contributed by atoms with Gasteiger partial charge in [-0.2, -0.15) is 0 Å². The molecule has 0 spiro atoms. The molecule has 0 unspecified atom stereocenters. The molecule has 0 bridgehead atoms. The molecule has 0 aromatic carbocycles. The molecule has 0 aliphatic carbocycles. The van der Waals surface area contributed by atoms with Crippen LogP contribution in [-0.4, -0.2) is 41.0 Å². The van der Waals surface area contributed by atoms with E-state index in [-0.39, 0.29) is 0 Å². The molecule has 3 N–H and O–H groups in total. The van der Waals surface area contributed by atoms with Crippen LogP contribution in [0.1, 0.15) is 12.8 Å². The summed E-state index contributed by atoms with van der Waals surface area (Å²) in [7, 11) is 0. The zero-order valence-corrected chi connectivity index (χ0v) is 8.82. The third-order valence-electron chi connectivity index (χ3n) is 2.66. The van der Waals surface area contributed by atoms with E-state index in [1.54, 1.807) is 6.20 Å². The van der Waals surface area contributed by atoms with Crippen LogP contribution in [0.5, 0.6) is 0 Å². The predicted octanol–water partition coefficient (Wildman–Crippen LogP) is 0.567. The number of nitrogen functional groups attached to an aromatic ring is 1. The molecule has 2 heterocycles. The molecule has 5 heteroatoms. The fourth-order valence-electron chi connectivity index (χ4n) is 1.83. The lowest BCUT2D eigenvalue weighted by Gasteiger charge is -2.15. The molecule has 0 radical (unpaired) electrons. The van der Waals surface area contributed by atoms with Crippen molar-refractivity contribution in [1.82, 2.24) is 14.9 Å². The van der Waals surface area contributed by atoms with E-state index < -0.39 is 0 Å². The summed E-state index contributed by atoms with van der Waals surface area (Å²) < 4.78 is 0. The Labute approximate surface area is 89.7 Å². The van der Waals surface area contributed by atoms with Crippen LogP contribution in [0.25, 0.3) is 0 Å². The maximum atomic E-state index is 5.71. The van der Waals surface area contributed by atoms with E-state index in [9.17, 15) is 0 Å². The Morgan fingerprint density at radius 2 is 2.20 bits per heavy atom. The summed E-state index contributed by atoms with van der Waals surface area (Å²) in [5.41, 5.74) is 6.32. The Hall–Kier alpha value is -1.36. The van der Waals surface area contributed by atoms with Crippen molar-refractivity contribution in [3.63, 3.8) is 0 Å². The Morgan fingerprint density at radius 3 is 2.93 bits per heavy atom. The molecule has 1 aromatic heterocycles. The molecule has 0 amide bonds. The summed E-state index contributed by atoms with van der Waals surface area (Å²) in [5.74, 6) is 0.740. The van der Waals surface area contributed by atoms with Gasteiger partial charge in [-0.3, -0.25) is 0 Å². The van der Waals surface area contributed by atoms with E-state index in [0.29, 0.717) is 5.69 Å². The summed E-state index contributed by atoms with van der Waals surface area (Å²) >= 11 is 0. The first kappa shape index (κ1) is 10.2. The highest BCUT2D eigenvalue weighted by atomic mass is 15.2. The van der Waals surface area contributed by atoms with Gasteiger partial charge < -0.3 is 16.0 Å². The number of rotatable bonds is 4. The zero-order valence-electron chi connectivity index (χ0n) is 8.82. The van der Waals surface area contributed by atoms with E-state index in [4.69, 9.17) is 5.73 Å². The van der Waals surface area contributed by atoms with Gasteiger partial charge >= 0.3 is 0 Å². The van der Waals surface area contributed by atoms with Crippen molar-refractivity contribution in [2.45, 2.75) is 12.8 Å². The second-order valence-corrected chi connectivity index (χ2v) is 3.80. The van der Waals surface area contributed by atoms with Crippen LogP contribution in [0.2, 0.25) is 0 Å². The molecule has 82 valence electrons. The van der Waals surface area contributed by atoms with E-state index in [1.165, 1.54) is 32.3 Å². The zero-order chi connectivity index (χ0) is 10.5. The van der Waals surface area contributed by atoms with E-state index in [1.807, 2.05) is 0 Å². The lowest BCUT2D eigenvalue weighted by Crippen LogP contribution is -2.26. The van der Waals surface area contributed by atoms with Gasteiger partial charge in [0, 0.05) is 13.1 Å². The van der Waals surface area contributed by atoms with Crippen LogP contribution in [0.3, 0.4) is 0 Å².